The summed E-state index contributed by atoms with van der Waals surface area (Å²) >= 11 is 0. The minimum atomic E-state index is -3.86. The predicted molar refractivity (Wildman–Crippen MR) is 297 cm³/mol. The van der Waals surface area contributed by atoms with Crippen LogP contribution in [0.15, 0.2) is 136 Å². The van der Waals surface area contributed by atoms with Gasteiger partial charge in [0.05, 0.1) is 139 Å². The topological polar surface area (TPSA) is 289 Å². The maximum atomic E-state index is 14.0. The third-order valence-corrected chi connectivity index (χ3v) is 14.2. The van der Waals surface area contributed by atoms with Gasteiger partial charge in [0.2, 0.25) is 0 Å². The van der Waals surface area contributed by atoms with E-state index in [1.165, 1.54) is 16.8 Å². The lowest BCUT2D eigenvalue weighted by atomic mass is 9.80. The zero-order valence-corrected chi connectivity index (χ0v) is 46.5. The summed E-state index contributed by atoms with van der Waals surface area (Å²) in [5.41, 5.74) is 9.10. The molecule has 1 fully saturated rings. The zero-order valence-electron chi connectivity index (χ0n) is 45.6. The maximum absolute atomic E-state index is 14.0. The van der Waals surface area contributed by atoms with Crippen LogP contribution in [0.5, 0.6) is 11.5 Å². The molecule has 1 amide bonds. The van der Waals surface area contributed by atoms with E-state index in [-0.39, 0.29) is 111 Å². The number of carbonyl (C=O) groups is 1. The van der Waals surface area contributed by atoms with Crippen molar-refractivity contribution in [3.63, 3.8) is 0 Å². The lowest BCUT2D eigenvalue weighted by molar-refractivity contribution is -0.0937. The summed E-state index contributed by atoms with van der Waals surface area (Å²) in [7, 11) is -0.671. The van der Waals surface area contributed by atoms with Gasteiger partial charge in [0.25, 0.3) is 5.91 Å². The number of ether oxygens (including phenoxy) is 10. The van der Waals surface area contributed by atoms with Gasteiger partial charge in [-0.2, -0.15) is 10.2 Å². The molecular formula is C56H71N8O16P. The molecule has 6 rings (SSSR count). The molecule has 0 radical (unpaired) electrons. The number of nitrogens with one attached hydrogen (secondary N) is 1. The van der Waals surface area contributed by atoms with Crippen molar-refractivity contribution in [3.05, 3.63) is 165 Å². The highest BCUT2D eigenvalue weighted by atomic mass is 31.2. The van der Waals surface area contributed by atoms with E-state index in [1.54, 1.807) is 44.6 Å². The van der Waals surface area contributed by atoms with Crippen LogP contribution in [-0.2, 0) is 57.1 Å². The van der Waals surface area contributed by atoms with Crippen LogP contribution in [0.2, 0.25) is 0 Å². The van der Waals surface area contributed by atoms with Gasteiger partial charge >= 0.3 is 13.4 Å². The van der Waals surface area contributed by atoms with Gasteiger partial charge in [-0.05, 0) is 64.7 Å². The zero-order chi connectivity index (χ0) is 57.2. The molecule has 24 nitrogen and oxygen atoms in total. The molecule has 1 saturated heterocycles. The van der Waals surface area contributed by atoms with Gasteiger partial charge in [-0.1, -0.05) is 77.9 Å². The van der Waals surface area contributed by atoms with E-state index in [1.807, 2.05) is 78.9 Å². The van der Waals surface area contributed by atoms with Crippen molar-refractivity contribution in [3.8, 4) is 17.6 Å². The van der Waals surface area contributed by atoms with E-state index in [9.17, 15) is 14.9 Å². The van der Waals surface area contributed by atoms with Gasteiger partial charge in [0, 0.05) is 29.6 Å². The molecule has 1 aliphatic rings. The number of nitriles is 1. The number of aromatic nitrogens is 2. The molecule has 1 unspecified atom stereocenters. The quantitative estimate of drug-likeness (QED) is 0.00959. The van der Waals surface area contributed by atoms with Crippen LogP contribution in [0.4, 0.5) is 5.82 Å². The number of rotatable bonds is 40. The summed E-state index contributed by atoms with van der Waals surface area (Å²) in [4.78, 5) is 34.0. The van der Waals surface area contributed by atoms with Crippen molar-refractivity contribution in [2.75, 3.05) is 138 Å². The fourth-order valence-corrected chi connectivity index (χ4v) is 10.2. The van der Waals surface area contributed by atoms with Crippen molar-refractivity contribution in [1.29, 1.82) is 5.26 Å². The number of benzene rings is 4. The number of hydrogen-bond donors (Lipinski definition) is 2. The van der Waals surface area contributed by atoms with Crippen molar-refractivity contribution >= 4 is 19.5 Å². The molecule has 0 saturated carbocycles. The highest BCUT2D eigenvalue weighted by molar-refractivity contribution is 7.51. The Bertz CT molecular complexity index is 2760. The summed E-state index contributed by atoms with van der Waals surface area (Å²) in [6.07, 6.45) is -1.46. The standard InChI is InChI=1S/C56H71N8O16P/c1-68-48-18-14-46(15-19-48)56(45-12-7-4-8-13-45,47-16-20-49(69-2)21-17-47)76-43-51-50(42-53(79-51)64-26-22-52(62-55(64)67)61-54(66)44-10-5-3-6-11-44)80-81(77-28-9-23-57,60-25-30-71-33-36-73-37-34-72-31-27-65)78-41-40-75-39-38-74-35-32-70-29-24-59-63-58/h3-8,10-22,26,50-51,53,65H,9,24-25,27-43H2,1-2H3,(H,61,62,66,67)/t50-,51+,53+,81?/m0/s1. The number of hydrogen-bond acceptors (Lipinski definition) is 20. The molecule has 4 aromatic carbocycles. The Kier molecular flexibility index (Phi) is 28.2. The van der Waals surface area contributed by atoms with Gasteiger partial charge in [0.1, 0.15) is 41.4 Å². The third kappa shape index (κ3) is 20.4. The van der Waals surface area contributed by atoms with Crippen molar-refractivity contribution < 1.29 is 70.8 Å². The van der Waals surface area contributed by atoms with Gasteiger partial charge in [-0.3, -0.25) is 13.9 Å². The number of azide groups is 1. The minimum absolute atomic E-state index is 0.0237. The molecule has 81 heavy (non-hydrogen) atoms. The number of carbonyl (C=O) groups excluding carboxylic acids is 1. The van der Waals surface area contributed by atoms with Crippen molar-refractivity contribution in [2.24, 2.45) is 9.86 Å². The molecule has 2 N–H and O–H groups in total. The van der Waals surface area contributed by atoms with Gasteiger partial charge in [-0.25, -0.2) is 9.54 Å². The minimum Gasteiger partial charge on any atom is -0.497 e. The van der Waals surface area contributed by atoms with Crippen LogP contribution in [0.1, 0.15) is 46.1 Å². The molecule has 5 aromatic rings. The highest BCUT2D eigenvalue weighted by Crippen LogP contribution is 2.56. The molecule has 25 heteroatoms. The van der Waals surface area contributed by atoms with Crippen LogP contribution in [0.25, 0.3) is 10.4 Å². The largest absolute Gasteiger partial charge is 0.497 e. The molecule has 0 bridgehead atoms. The first-order valence-corrected chi connectivity index (χ1v) is 27.9. The summed E-state index contributed by atoms with van der Waals surface area (Å²) in [5, 5.41) is 24.8. The fraction of sp³-hybridized carbons (Fsp3) is 0.464. The van der Waals surface area contributed by atoms with E-state index < -0.39 is 43.4 Å². The molecular weight excluding hydrogens is 1070 g/mol. The lowest BCUT2D eigenvalue weighted by Crippen LogP contribution is -2.38. The molecule has 436 valence electrons. The number of anilines is 1. The second kappa shape index (κ2) is 36.0. The van der Waals surface area contributed by atoms with Crippen LogP contribution < -0.4 is 20.5 Å². The summed E-state index contributed by atoms with van der Waals surface area (Å²) in [6, 6.07) is 37.0. The van der Waals surface area contributed by atoms with Crippen LogP contribution in [0, 0.1) is 11.3 Å². The number of aliphatic hydroxyl groups is 1. The summed E-state index contributed by atoms with van der Waals surface area (Å²) in [6.45, 7) is 2.73. The third-order valence-electron chi connectivity index (χ3n) is 12.1. The van der Waals surface area contributed by atoms with E-state index in [2.05, 4.69) is 26.4 Å². The second-order valence-corrected chi connectivity index (χ2v) is 19.4. The van der Waals surface area contributed by atoms with E-state index >= 15 is 0 Å². The molecule has 0 aliphatic carbocycles. The Morgan fingerprint density at radius 2 is 1.27 bits per heavy atom. The Morgan fingerprint density at radius 1 is 0.741 bits per heavy atom. The number of amides is 1. The van der Waals surface area contributed by atoms with Gasteiger partial charge in [0.15, 0.2) is 0 Å². The normalized spacial score (nSPS) is 15.8. The maximum Gasteiger partial charge on any atom is 0.356 e. The van der Waals surface area contributed by atoms with Crippen molar-refractivity contribution in [1.82, 2.24) is 9.55 Å². The van der Waals surface area contributed by atoms with E-state index in [0.29, 0.717) is 43.5 Å². The Labute approximate surface area is 470 Å². The lowest BCUT2D eigenvalue weighted by Gasteiger charge is -2.37. The van der Waals surface area contributed by atoms with Gasteiger partial charge < -0.3 is 66.8 Å². The van der Waals surface area contributed by atoms with E-state index in [4.69, 9.17) is 76.3 Å². The van der Waals surface area contributed by atoms with Crippen LogP contribution >= 0.6 is 7.74 Å². The van der Waals surface area contributed by atoms with Gasteiger partial charge in [-0.15, -0.1) is 0 Å². The number of methoxy groups -OCH3 is 2. The monoisotopic (exact) mass is 1140 g/mol. The Hall–Kier alpha value is -6.62. The molecule has 4 atom stereocenters. The first kappa shape index (κ1) is 63.6. The van der Waals surface area contributed by atoms with E-state index in [0.717, 1.165) is 16.7 Å². The summed E-state index contributed by atoms with van der Waals surface area (Å²) in [5.74, 6) is 0.859. The highest BCUT2D eigenvalue weighted by Gasteiger charge is 2.45. The smallest absolute Gasteiger partial charge is 0.356 e. The molecule has 2 heterocycles. The average Bonchev–Trinajstić information content (AvgIpc) is 4.11. The average molecular weight is 1140 g/mol. The first-order valence-electron chi connectivity index (χ1n) is 26.4. The predicted octanol–water partition coefficient (Wildman–Crippen LogP) is 7.49. The molecule has 1 aromatic heterocycles. The SMILES string of the molecule is COc1ccc(C(OC[C@H]2O[C@@H](n3ccc(NC(=O)c4ccccc4)nc3=O)C[C@@H]2OP(=NCCOCCOCCOCCO)(OCCC#N)OCCOCCOCCOCCN=[N+]=[N-])(c2ccccc2)c2ccc(OC)cc2)cc1. The number of nitrogens with zero attached hydrogens (tertiary/aromatic N) is 7. The molecule has 0 spiro atoms. The first-order chi connectivity index (χ1) is 39.8. The van der Waals surface area contributed by atoms with Crippen LogP contribution in [-0.4, -0.2) is 166 Å². The fourth-order valence-electron chi connectivity index (χ4n) is 8.22. The van der Waals surface area contributed by atoms with Crippen LogP contribution in [0.3, 0.4) is 0 Å². The Morgan fingerprint density at radius 3 is 1.83 bits per heavy atom. The Balaban J connectivity index is 1.32. The molecule has 1 aliphatic heterocycles. The second-order valence-electron chi connectivity index (χ2n) is 17.4. The number of aliphatic hydroxyl groups excluding tert-OH is 1. The summed E-state index contributed by atoms with van der Waals surface area (Å²) < 4.78 is 85.2. The van der Waals surface area contributed by atoms with Crippen molar-refractivity contribution in [2.45, 2.75) is 36.9 Å².